The fourth-order valence-corrected chi connectivity index (χ4v) is 2.29. The van der Waals surface area contributed by atoms with Crippen LogP contribution >= 0.6 is 0 Å². The second-order valence-electron chi connectivity index (χ2n) is 4.71. The quantitative estimate of drug-likeness (QED) is 0.720. The summed E-state index contributed by atoms with van der Waals surface area (Å²) < 4.78 is 0. The molecule has 2 aromatic carbocycles. The number of nitrogens with one attached hydrogen (secondary N) is 1. The summed E-state index contributed by atoms with van der Waals surface area (Å²) in [4.78, 5) is 26.8. The monoisotopic (exact) mass is 263 g/mol. The van der Waals surface area contributed by atoms with Gasteiger partial charge in [-0.1, -0.05) is 36.4 Å². The lowest BCUT2D eigenvalue weighted by molar-refractivity contribution is 0.101. The summed E-state index contributed by atoms with van der Waals surface area (Å²) in [7, 11) is 0. The Labute approximate surface area is 115 Å². The van der Waals surface area contributed by atoms with Gasteiger partial charge in [-0.2, -0.15) is 0 Å². The van der Waals surface area contributed by atoms with Gasteiger partial charge in [-0.25, -0.2) is 0 Å². The van der Waals surface area contributed by atoms with Gasteiger partial charge in [0.1, 0.15) is 0 Å². The number of carbonyl (C=O) groups is 1. The van der Waals surface area contributed by atoms with E-state index in [1.165, 1.54) is 13.1 Å². The first-order chi connectivity index (χ1) is 9.66. The van der Waals surface area contributed by atoms with Crippen LogP contribution in [0.3, 0.4) is 0 Å². The number of ketones is 1. The zero-order valence-electron chi connectivity index (χ0n) is 11.0. The molecule has 0 aliphatic heterocycles. The smallest absolute Gasteiger partial charge is 0.200 e. The van der Waals surface area contributed by atoms with Crippen molar-refractivity contribution >= 4 is 16.7 Å². The summed E-state index contributed by atoms with van der Waals surface area (Å²) in [6.07, 6.45) is 1.48. The van der Waals surface area contributed by atoms with E-state index in [0.29, 0.717) is 5.39 Å². The van der Waals surface area contributed by atoms with E-state index in [1.54, 1.807) is 0 Å². The Morgan fingerprint density at radius 1 is 1.00 bits per heavy atom. The molecule has 0 amide bonds. The molecule has 1 N–H and O–H groups in total. The van der Waals surface area contributed by atoms with E-state index in [-0.39, 0.29) is 16.8 Å². The topological polar surface area (TPSA) is 49.9 Å². The van der Waals surface area contributed by atoms with E-state index in [0.717, 1.165) is 16.6 Å². The van der Waals surface area contributed by atoms with Crippen LogP contribution in [0.5, 0.6) is 0 Å². The summed E-state index contributed by atoms with van der Waals surface area (Å²) in [5.74, 6) is -0.224. The molecule has 1 heterocycles. The van der Waals surface area contributed by atoms with Gasteiger partial charge in [0, 0.05) is 17.1 Å². The maximum absolute atomic E-state index is 12.3. The highest BCUT2D eigenvalue weighted by Gasteiger charge is 2.09. The molecule has 0 aliphatic carbocycles. The maximum Gasteiger partial charge on any atom is 0.200 e. The number of aromatic nitrogens is 1. The number of fused-ring (bicyclic) bond motifs is 1. The molecule has 0 saturated carbocycles. The normalized spacial score (nSPS) is 10.7. The fraction of sp³-hybridized carbons (Fsp3) is 0.0588. The molecule has 3 aromatic rings. The summed E-state index contributed by atoms with van der Waals surface area (Å²) >= 11 is 0. The average molecular weight is 263 g/mol. The van der Waals surface area contributed by atoms with Gasteiger partial charge in [0.25, 0.3) is 0 Å². The first-order valence-electron chi connectivity index (χ1n) is 6.38. The molecule has 3 rings (SSSR count). The standard InChI is InChI=1S/C17H13NO2/c1-11(19)15-10-18-16-8-7-13(9-14(16)17(15)20)12-5-3-2-4-6-12/h2-10H,1H3,(H,18,20). The van der Waals surface area contributed by atoms with Crippen molar-refractivity contribution in [3.8, 4) is 11.1 Å². The van der Waals surface area contributed by atoms with Crippen LogP contribution < -0.4 is 5.43 Å². The molecule has 0 unspecified atom stereocenters. The number of aromatic amines is 1. The predicted octanol–water partition coefficient (Wildman–Crippen LogP) is 3.40. The lowest BCUT2D eigenvalue weighted by Crippen LogP contribution is -2.13. The highest BCUT2D eigenvalue weighted by Crippen LogP contribution is 2.22. The van der Waals surface area contributed by atoms with Gasteiger partial charge < -0.3 is 4.98 Å². The van der Waals surface area contributed by atoms with Crippen molar-refractivity contribution in [3.05, 3.63) is 70.5 Å². The van der Waals surface area contributed by atoms with E-state index < -0.39 is 0 Å². The Kier molecular flexibility index (Phi) is 2.95. The number of benzene rings is 2. The zero-order chi connectivity index (χ0) is 14.1. The van der Waals surface area contributed by atoms with Crippen molar-refractivity contribution in [2.24, 2.45) is 0 Å². The molecular formula is C17H13NO2. The van der Waals surface area contributed by atoms with Crippen molar-refractivity contribution in [2.45, 2.75) is 6.92 Å². The Hall–Kier alpha value is -2.68. The van der Waals surface area contributed by atoms with Gasteiger partial charge in [0.2, 0.25) is 0 Å². The van der Waals surface area contributed by atoms with E-state index >= 15 is 0 Å². The van der Waals surface area contributed by atoms with Gasteiger partial charge >= 0.3 is 0 Å². The molecular weight excluding hydrogens is 250 g/mol. The SMILES string of the molecule is CC(=O)c1c[nH]c2ccc(-c3ccccc3)cc2c1=O. The van der Waals surface area contributed by atoms with Crippen LogP contribution in [-0.4, -0.2) is 10.8 Å². The number of hydrogen-bond acceptors (Lipinski definition) is 2. The Morgan fingerprint density at radius 2 is 1.75 bits per heavy atom. The van der Waals surface area contributed by atoms with Crippen LogP contribution in [0, 0.1) is 0 Å². The fourth-order valence-electron chi connectivity index (χ4n) is 2.29. The van der Waals surface area contributed by atoms with Gasteiger partial charge in [-0.05, 0) is 30.2 Å². The number of pyridine rings is 1. The molecule has 0 radical (unpaired) electrons. The molecule has 0 spiro atoms. The van der Waals surface area contributed by atoms with Crippen LogP contribution in [0.1, 0.15) is 17.3 Å². The number of hydrogen-bond donors (Lipinski definition) is 1. The minimum absolute atomic E-state index is 0.197. The summed E-state index contributed by atoms with van der Waals surface area (Å²) in [5.41, 5.74) is 2.72. The van der Waals surface area contributed by atoms with Crippen molar-refractivity contribution in [1.82, 2.24) is 4.98 Å². The van der Waals surface area contributed by atoms with Crippen molar-refractivity contribution in [1.29, 1.82) is 0 Å². The molecule has 20 heavy (non-hydrogen) atoms. The second-order valence-corrected chi connectivity index (χ2v) is 4.71. The van der Waals surface area contributed by atoms with E-state index in [1.807, 2.05) is 48.5 Å². The summed E-state index contributed by atoms with van der Waals surface area (Å²) in [6, 6.07) is 15.5. The first-order valence-corrected chi connectivity index (χ1v) is 6.38. The number of Topliss-reactive ketones (excluding diaryl/α,β-unsaturated/α-hetero) is 1. The minimum Gasteiger partial charge on any atom is -0.360 e. The van der Waals surface area contributed by atoms with E-state index in [2.05, 4.69) is 4.98 Å². The van der Waals surface area contributed by atoms with E-state index in [9.17, 15) is 9.59 Å². The van der Waals surface area contributed by atoms with Gasteiger partial charge in [0.05, 0.1) is 5.56 Å². The largest absolute Gasteiger partial charge is 0.360 e. The van der Waals surface area contributed by atoms with Crippen LogP contribution in [0.4, 0.5) is 0 Å². The lowest BCUT2D eigenvalue weighted by Gasteiger charge is -2.05. The minimum atomic E-state index is -0.224. The van der Waals surface area contributed by atoms with Gasteiger partial charge in [-0.15, -0.1) is 0 Å². The third-order valence-electron chi connectivity index (χ3n) is 3.37. The molecule has 98 valence electrons. The molecule has 0 fully saturated rings. The zero-order valence-corrected chi connectivity index (χ0v) is 11.0. The molecule has 0 atom stereocenters. The second kappa shape index (κ2) is 4.78. The lowest BCUT2D eigenvalue weighted by atomic mass is 10.0. The number of rotatable bonds is 2. The van der Waals surface area contributed by atoms with Crippen LogP contribution in [0.15, 0.2) is 59.5 Å². The molecule has 0 aliphatic rings. The molecule has 0 bridgehead atoms. The highest BCUT2D eigenvalue weighted by atomic mass is 16.1. The van der Waals surface area contributed by atoms with Crippen LogP contribution in [-0.2, 0) is 0 Å². The number of carbonyl (C=O) groups excluding carboxylic acids is 1. The third kappa shape index (κ3) is 2.03. The summed E-state index contributed by atoms with van der Waals surface area (Å²) in [5, 5.41) is 0.541. The third-order valence-corrected chi connectivity index (χ3v) is 3.37. The first kappa shape index (κ1) is 12.4. The van der Waals surface area contributed by atoms with Crippen molar-refractivity contribution in [2.75, 3.05) is 0 Å². The Bertz CT molecular complexity index is 848. The molecule has 3 nitrogen and oxygen atoms in total. The van der Waals surface area contributed by atoms with Crippen molar-refractivity contribution < 1.29 is 4.79 Å². The molecule has 1 aromatic heterocycles. The van der Waals surface area contributed by atoms with Crippen LogP contribution in [0.25, 0.3) is 22.0 Å². The number of H-pyrrole nitrogens is 1. The van der Waals surface area contributed by atoms with Gasteiger partial charge in [0.15, 0.2) is 11.2 Å². The Balaban J connectivity index is 2.27. The molecule has 3 heteroatoms. The average Bonchev–Trinajstić information content (AvgIpc) is 2.48. The maximum atomic E-state index is 12.3. The Morgan fingerprint density at radius 3 is 2.45 bits per heavy atom. The van der Waals surface area contributed by atoms with Crippen molar-refractivity contribution in [3.63, 3.8) is 0 Å². The van der Waals surface area contributed by atoms with Crippen LogP contribution in [0.2, 0.25) is 0 Å². The van der Waals surface area contributed by atoms with E-state index in [4.69, 9.17) is 0 Å². The van der Waals surface area contributed by atoms with Gasteiger partial charge in [-0.3, -0.25) is 9.59 Å². The highest BCUT2D eigenvalue weighted by molar-refractivity contribution is 5.97. The summed E-state index contributed by atoms with van der Waals surface area (Å²) in [6.45, 7) is 1.40. The predicted molar refractivity (Wildman–Crippen MR) is 80.0 cm³/mol. The molecule has 0 saturated heterocycles.